The average molecular weight is 387 g/mol. The predicted octanol–water partition coefficient (Wildman–Crippen LogP) is 4.27. The molecule has 0 bridgehead atoms. The van der Waals surface area contributed by atoms with E-state index in [-0.39, 0.29) is 11.9 Å². The summed E-state index contributed by atoms with van der Waals surface area (Å²) < 4.78 is 14.2. The topological polar surface area (TPSA) is 71.0 Å². The van der Waals surface area contributed by atoms with Crippen molar-refractivity contribution in [1.82, 2.24) is 19.9 Å². The Kier molecular flexibility index (Phi) is 5.95. The number of anilines is 1. The number of hydrogen-bond donors (Lipinski definition) is 1. The summed E-state index contributed by atoms with van der Waals surface area (Å²) in [5.41, 5.74) is 1.84. The third kappa shape index (κ3) is 4.05. The molecule has 1 fully saturated rings. The molecular weight excluding hydrogens is 365 g/mol. The van der Waals surface area contributed by atoms with Crippen molar-refractivity contribution in [2.24, 2.45) is 0 Å². The third-order valence-corrected chi connectivity index (χ3v) is 5.13. The Morgan fingerprint density at radius 1 is 1.30 bits per heavy atom. The van der Waals surface area contributed by atoms with Crippen molar-refractivity contribution >= 4 is 33.4 Å². The van der Waals surface area contributed by atoms with Crippen molar-refractivity contribution in [3.63, 3.8) is 0 Å². The minimum atomic E-state index is -0.394. The molecule has 142 valence electrons. The number of fused-ring (bicyclic) bond motifs is 1. The number of nitrogens with zero attached hydrogens (tertiary/aromatic N) is 4. The number of pyridine rings is 1. The summed E-state index contributed by atoms with van der Waals surface area (Å²) in [4.78, 5) is 27.2. The number of aromatic nitrogens is 3. The maximum absolute atomic E-state index is 13.4. The zero-order valence-corrected chi connectivity index (χ0v) is 16.4. The lowest BCUT2D eigenvalue weighted by atomic mass is 10.1. The highest BCUT2D eigenvalue weighted by Gasteiger charge is 2.26. The first-order valence-corrected chi connectivity index (χ1v) is 9.91. The standard InChI is InChI=1S/C17H16FN5OS.C2H6/c1-10(11-7-12(18)9-19-8-11)20-17-21-13-3-6-25-15(13)14(22-17)16(24)23-4-2-5-23;1-2/h3,6-10H,2,4-5H2,1H3,(H,20,21,22);1-2H3. The summed E-state index contributed by atoms with van der Waals surface area (Å²) in [7, 11) is 0. The molecule has 3 aromatic rings. The van der Waals surface area contributed by atoms with Crippen LogP contribution in [0.2, 0.25) is 0 Å². The van der Waals surface area contributed by atoms with E-state index in [0.717, 1.165) is 35.9 Å². The number of carbonyl (C=O) groups excluding carboxylic acids is 1. The Morgan fingerprint density at radius 2 is 2.07 bits per heavy atom. The van der Waals surface area contributed by atoms with Gasteiger partial charge in [-0.3, -0.25) is 9.78 Å². The molecule has 1 N–H and O–H groups in total. The molecule has 4 rings (SSSR count). The van der Waals surface area contributed by atoms with Crippen LogP contribution in [-0.2, 0) is 0 Å². The second-order valence-corrected chi connectivity index (χ2v) is 6.90. The van der Waals surface area contributed by atoms with Gasteiger partial charge in [0.15, 0.2) is 5.69 Å². The maximum atomic E-state index is 13.4. The Balaban J connectivity index is 0.00000102. The number of hydrogen-bond acceptors (Lipinski definition) is 6. The van der Waals surface area contributed by atoms with E-state index in [9.17, 15) is 9.18 Å². The zero-order chi connectivity index (χ0) is 19.4. The molecule has 8 heteroatoms. The van der Waals surface area contributed by atoms with Crippen molar-refractivity contribution in [1.29, 1.82) is 0 Å². The highest BCUT2D eigenvalue weighted by atomic mass is 32.1. The molecule has 27 heavy (non-hydrogen) atoms. The van der Waals surface area contributed by atoms with Gasteiger partial charge in [-0.25, -0.2) is 14.4 Å². The number of halogens is 1. The van der Waals surface area contributed by atoms with Gasteiger partial charge in [-0.2, -0.15) is 0 Å². The Labute approximate surface area is 161 Å². The van der Waals surface area contributed by atoms with E-state index in [4.69, 9.17) is 0 Å². The average Bonchev–Trinajstić information content (AvgIpc) is 3.09. The monoisotopic (exact) mass is 387 g/mol. The van der Waals surface area contributed by atoms with Gasteiger partial charge in [-0.05, 0) is 36.4 Å². The van der Waals surface area contributed by atoms with Crippen molar-refractivity contribution in [3.8, 4) is 0 Å². The molecule has 6 nitrogen and oxygen atoms in total. The maximum Gasteiger partial charge on any atom is 0.274 e. The van der Waals surface area contributed by atoms with E-state index in [0.29, 0.717) is 17.2 Å². The van der Waals surface area contributed by atoms with Gasteiger partial charge in [0, 0.05) is 19.3 Å². The van der Waals surface area contributed by atoms with Crippen LogP contribution in [0.3, 0.4) is 0 Å². The first kappa shape index (κ1) is 19.2. The van der Waals surface area contributed by atoms with Gasteiger partial charge in [0.2, 0.25) is 5.95 Å². The minimum absolute atomic E-state index is 0.0655. The van der Waals surface area contributed by atoms with Gasteiger partial charge in [0.25, 0.3) is 5.91 Å². The molecule has 1 amide bonds. The second-order valence-electron chi connectivity index (χ2n) is 5.98. The van der Waals surface area contributed by atoms with E-state index in [1.54, 1.807) is 11.1 Å². The quantitative estimate of drug-likeness (QED) is 0.724. The molecule has 0 aliphatic carbocycles. The van der Waals surface area contributed by atoms with Gasteiger partial charge in [0.1, 0.15) is 5.82 Å². The van der Waals surface area contributed by atoms with Crippen LogP contribution in [0.25, 0.3) is 10.2 Å². The van der Waals surface area contributed by atoms with Crippen LogP contribution >= 0.6 is 11.3 Å². The van der Waals surface area contributed by atoms with Crippen molar-refractivity contribution in [3.05, 3.63) is 47.0 Å². The van der Waals surface area contributed by atoms with Gasteiger partial charge < -0.3 is 10.2 Å². The summed E-state index contributed by atoms with van der Waals surface area (Å²) in [5, 5.41) is 5.04. The van der Waals surface area contributed by atoms with Crippen LogP contribution in [0.15, 0.2) is 29.9 Å². The summed E-state index contributed by atoms with van der Waals surface area (Å²) in [6.07, 6.45) is 3.78. The largest absolute Gasteiger partial charge is 0.348 e. The van der Waals surface area contributed by atoms with E-state index >= 15 is 0 Å². The lowest BCUT2D eigenvalue weighted by molar-refractivity contribution is 0.0648. The lowest BCUT2D eigenvalue weighted by Crippen LogP contribution is -2.42. The fraction of sp³-hybridized carbons (Fsp3) is 0.368. The zero-order valence-electron chi connectivity index (χ0n) is 15.6. The van der Waals surface area contributed by atoms with Crippen LogP contribution in [0.1, 0.15) is 49.3 Å². The van der Waals surface area contributed by atoms with Gasteiger partial charge in [-0.15, -0.1) is 11.3 Å². The SMILES string of the molecule is CC.CC(Nc1nc(C(=O)N2CCC2)c2sccc2n1)c1cncc(F)c1. The van der Waals surface area contributed by atoms with Crippen LogP contribution in [-0.4, -0.2) is 38.8 Å². The third-order valence-electron chi connectivity index (χ3n) is 4.22. The molecule has 0 aromatic carbocycles. The minimum Gasteiger partial charge on any atom is -0.348 e. The molecule has 1 aliphatic rings. The molecule has 4 heterocycles. The first-order chi connectivity index (χ1) is 13.1. The van der Waals surface area contributed by atoms with Gasteiger partial charge >= 0.3 is 0 Å². The molecule has 0 saturated carbocycles. The molecule has 1 atom stereocenters. The summed E-state index contributed by atoms with van der Waals surface area (Å²) >= 11 is 1.46. The number of likely N-dealkylation sites (tertiary alicyclic amines) is 1. The summed E-state index contributed by atoms with van der Waals surface area (Å²) in [6, 6.07) is 3.04. The fourth-order valence-corrected chi connectivity index (χ4v) is 3.50. The molecule has 1 aliphatic heterocycles. The lowest BCUT2D eigenvalue weighted by Gasteiger charge is -2.30. The van der Waals surface area contributed by atoms with Crippen molar-refractivity contribution < 1.29 is 9.18 Å². The molecule has 0 spiro atoms. The Hall–Kier alpha value is -2.61. The van der Waals surface area contributed by atoms with Crippen LogP contribution < -0.4 is 5.32 Å². The van der Waals surface area contributed by atoms with Crippen LogP contribution in [0, 0.1) is 5.82 Å². The Morgan fingerprint density at radius 3 is 2.74 bits per heavy atom. The predicted molar refractivity (Wildman–Crippen MR) is 106 cm³/mol. The number of amides is 1. The van der Waals surface area contributed by atoms with E-state index in [1.807, 2.05) is 32.2 Å². The molecule has 1 saturated heterocycles. The summed E-state index contributed by atoms with van der Waals surface area (Å²) in [5.74, 6) is -0.107. The molecule has 0 radical (unpaired) electrons. The fourth-order valence-electron chi connectivity index (χ4n) is 2.68. The number of nitrogens with one attached hydrogen (secondary N) is 1. The normalized spacial score (nSPS) is 14.1. The highest BCUT2D eigenvalue weighted by Crippen LogP contribution is 2.27. The van der Waals surface area contributed by atoms with Crippen molar-refractivity contribution in [2.45, 2.75) is 33.2 Å². The second kappa shape index (κ2) is 8.39. The molecule has 1 unspecified atom stereocenters. The number of carbonyl (C=O) groups is 1. The summed E-state index contributed by atoms with van der Waals surface area (Å²) in [6.45, 7) is 7.40. The Bertz CT molecular complexity index is 941. The van der Waals surface area contributed by atoms with Gasteiger partial charge in [-0.1, -0.05) is 13.8 Å². The van der Waals surface area contributed by atoms with E-state index < -0.39 is 5.82 Å². The van der Waals surface area contributed by atoms with E-state index in [1.165, 1.54) is 17.4 Å². The molecular formula is C19H22FN5OS. The first-order valence-electron chi connectivity index (χ1n) is 9.03. The molecule has 3 aromatic heterocycles. The van der Waals surface area contributed by atoms with E-state index in [2.05, 4.69) is 20.3 Å². The van der Waals surface area contributed by atoms with Crippen LogP contribution in [0.5, 0.6) is 0 Å². The highest BCUT2D eigenvalue weighted by molar-refractivity contribution is 7.17. The smallest absolute Gasteiger partial charge is 0.274 e. The number of thiophene rings is 1. The van der Waals surface area contributed by atoms with Crippen molar-refractivity contribution in [2.75, 3.05) is 18.4 Å². The van der Waals surface area contributed by atoms with Crippen LogP contribution in [0.4, 0.5) is 10.3 Å². The number of rotatable bonds is 4. The van der Waals surface area contributed by atoms with Gasteiger partial charge in [0.05, 0.1) is 22.5 Å².